The summed E-state index contributed by atoms with van der Waals surface area (Å²) in [6, 6.07) is 7.72. The predicted molar refractivity (Wildman–Crippen MR) is 87.0 cm³/mol. The van der Waals surface area contributed by atoms with Gasteiger partial charge in [-0.25, -0.2) is 0 Å². The van der Waals surface area contributed by atoms with Gasteiger partial charge in [0.2, 0.25) is 0 Å². The van der Waals surface area contributed by atoms with Crippen molar-refractivity contribution in [1.82, 2.24) is 0 Å². The molecule has 1 unspecified atom stereocenters. The van der Waals surface area contributed by atoms with Gasteiger partial charge in [-0.05, 0) is 55.6 Å². The van der Waals surface area contributed by atoms with Gasteiger partial charge in [-0.3, -0.25) is 0 Å². The standard InChI is InChI=1S/C13H11Br2ClO2S/c1-17-9-4-3-7(5-10(9)18-2)12(16)8-6-11(14)19-13(8)15/h3-6,12H,1-2H3. The minimum Gasteiger partial charge on any atom is -0.493 e. The summed E-state index contributed by atoms with van der Waals surface area (Å²) in [5.41, 5.74) is 2.00. The Kier molecular flexibility index (Phi) is 5.17. The van der Waals surface area contributed by atoms with Gasteiger partial charge >= 0.3 is 0 Å². The second kappa shape index (κ2) is 6.48. The quantitative estimate of drug-likeness (QED) is 0.591. The van der Waals surface area contributed by atoms with E-state index in [1.807, 2.05) is 24.3 Å². The molecule has 1 heterocycles. The molecule has 0 aliphatic heterocycles. The summed E-state index contributed by atoms with van der Waals surface area (Å²) in [7, 11) is 3.23. The molecule has 0 aliphatic rings. The Hall–Kier alpha value is -0.230. The molecule has 2 rings (SSSR count). The van der Waals surface area contributed by atoms with E-state index in [1.165, 1.54) is 0 Å². The number of hydrogen-bond acceptors (Lipinski definition) is 3. The first-order valence-electron chi connectivity index (χ1n) is 5.37. The molecule has 19 heavy (non-hydrogen) atoms. The minimum absolute atomic E-state index is 0.239. The Morgan fingerprint density at radius 2 is 1.79 bits per heavy atom. The molecule has 0 saturated heterocycles. The van der Waals surface area contributed by atoms with Gasteiger partial charge in [0, 0.05) is 5.56 Å². The second-order valence-electron chi connectivity index (χ2n) is 3.76. The van der Waals surface area contributed by atoms with Crippen molar-refractivity contribution in [2.45, 2.75) is 5.38 Å². The zero-order valence-electron chi connectivity index (χ0n) is 10.2. The molecule has 0 bridgehead atoms. The van der Waals surface area contributed by atoms with E-state index >= 15 is 0 Å². The topological polar surface area (TPSA) is 18.5 Å². The number of ether oxygens (including phenoxy) is 2. The summed E-state index contributed by atoms with van der Waals surface area (Å²) < 4.78 is 12.6. The van der Waals surface area contributed by atoms with Gasteiger partial charge in [-0.15, -0.1) is 22.9 Å². The Morgan fingerprint density at radius 3 is 2.32 bits per heavy atom. The molecule has 1 aromatic heterocycles. The highest BCUT2D eigenvalue weighted by atomic mass is 79.9. The molecule has 0 spiro atoms. The zero-order chi connectivity index (χ0) is 14.0. The summed E-state index contributed by atoms with van der Waals surface area (Å²) in [5, 5.41) is -0.239. The largest absolute Gasteiger partial charge is 0.493 e. The van der Waals surface area contributed by atoms with E-state index in [9.17, 15) is 0 Å². The average Bonchev–Trinajstić information content (AvgIpc) is 2.76. The lowest BCUT2D eigenvalue weighted by Gasteiger charge is -2.13. The van der Waals surface area contributed by atoms with E-state index < -0.39 is 0 Å². The lowest BCUT2D eigenvalue weighted by Crippen LogP contribution is -1.96. The van der Waals surface area contributed by atoms with Crippen LogP contribution < -0.4 is 9.47 Å². The molecule has 0 aliphatic carbocycles. The predicted octanol–water partition coefficient (Wildman–Crippen LogP) is 5.62. The van der Waals surface area contributed by atoms with Crippen LogP contribution in [0.15, 0.2) is 31.8 Å². The van der Waals surface area contributed by atoms with Crippen molar-refractivity contribution in [2.75, 3.05) is 14.2 Å². The van der Waals surface area contributed by atoms with Crippen LogP contribution in [0.2, 0.25) is 0 Å². The van der Waals surface area contributed by atoms with E-state index in [0.29, 0.717) is 11.5 Å². The van der Waals surface area contributed by atoms with Crippen LogP contribution in [0, 0.1) is 0 Å². The molecular formula is C13H11Br2ClO2S. The van der Waals surface area contributed by atoms with Gasteiger partial charge in [-0.2, -0.15) is 0 Å². The maximum atomic E-state index is 6.53. The highest BCUT2D eigenvalue weighted by molar-refractivity contribution is 9.12. The van der Waals surface area contributed by atoms with Crippen molar-refractivity contribution in [1.29, 1.82) is 0 Å². The third-order valence-electron chi connectivity index (χ3n) is 2.66. The lowest BCUT2D eigenvalue weighted by molar-refractivity contribution is 0.354. The third kappa shape index (κ3) is 3.27. The summed E-state index contributed by atoms with van der Waals surface area (Å²) in [6.45, 7) is 0. The number of benzene rings is 1. The fraction of sp³-hybridized carbons (Fsp3) is 0.231. The number of alkyl halides is 1. The Balaban J connectivity index is 2.39. The minimum atomic E-state index is -0.239. The van der Waals surface area contributed by atoms with E-state index in [1.54, 1.807) is 25.6 Å². The first-order valence-corrected chi connectivity index (χ1v) is 8.21. The highest BCUT2D eigenvalue weighted by Gasteiger charge is 2.18. The Bertz CT molecular complexity index is 586. The summed E-state index contributed by atoms with van der Waals surface area (Å²) in [6.07, 6.45) is 0. The fourth-order valence-electron chi connectivity index (χ4n) is 1.72. The fourth-order valence-corrected chi connectivity index (χ4v) is 5.12. The SMILES string of the molecule is COc1ccc(C(Cl)c2cc(Br)sc2Br)cc1OC. The van der Waals surface area contributed by atoms with E-state index in [4.69, 9.17) is 21.1 Å². The summed E-state index contributed by atoms with van der Waals surface area (Å²) >= 11 is 15.1. The lowest BCUT2D eigenvalue weighted by atomic mass is 10.1. The van der Waals surface area contributed by atoms with Crippen molar-refractivity contribution in [2.24, 2.45) is 0 Å². The summed E-state index contributed by atoms with van der Waals surface area (Å²) in [5.74, 6) is 1.37. The number of hydrogen-bond donors (Lipinski definition) is 0. The molecule has 102 valence electrons. The monoisotopic (exact) mass is 424 g/mol. The van der Waals surface area contributed by atoms with Crippen molar-refractivity contribution in [3.8, 4) is 11.5 Å². The van der Waals surface area contributed by atoms with Crippen LogP contribution >= 0.6 is 54.8 Å². The normalized spacial score (nSPS) is 12.3. The zero-order valence-corrected chi connectivity index (χ0v) is 15.0. The van der Waals surface area contributed by atoms with Gasteiger partial charge in [0.05, 0.1) is 27.2 Å². The van der Waals surface area contributed by atoms with Crippen LogP contribution in [0.3, 0.4) is 0 Å². The third-order valence-corrected chi connectivity index (χ3v) is 5.53. The van der Waals surface area contributed by atoms with Crippen LogP contribution in [0.25, 0.3) is 0 Å². The highest BCUT2D eigenvalue weighted by Crippen LogP contribution is 2.42. The molecule has 6 heteroatoms. The molecule has 1 atom stereocenters. The van der Waals surface area contributed by atoms with E-state index in [0.717, 1.165) is 18.7 Å². The van der Waals surface area contributed by atoms with Gasteiger partial charge < -0.3 is 9.47 Å². The second-order valence-corrected chi connectivity index (χ2v) is 7.94. The van der Waals surface area contributed by atoms with Crippen LogP contribution in [-0.2, 0) is 0 Å². The van der Waals surface area contributed by atoms with E-state index in [2.05, 4.69) is 31.9 Å². The molecule has 1 aromatic carbocycles. The number of methoxy groups -OCH3 is 2. The van der Waals surface area contributed by atoms with Gasteiger partial charge in [0.15, 0.2) is 11.5 Å². The smallest absolute Gasteiger partial charge is 0.161 e. The molecule has 0 fully saturated rings. The number of halogens is 3. The molecule has 0 radical (unpaired) electrons. The van der Waals surface area contributed by atoms with Crippen LogP contribution in [-0.4, -0.2) is 14.2 Å². The molecule has 0 N–H and O–H groups in total. The molecule has 2 nitrogen and oxygen atoms in total. The molecule has 0 saturated carbocycles. The first kappa shape index (κ1) is 15.2. The molecule has 2 aromatic rings. The number of rotatable bonds is 4. The van der Waals surface area contributed by atoms with Gasteiger partial charge in [-0.1, -0.05) is 6.07 Å². The van der Waals surface area contributed by atoms with Crippen molar-refractivity contribution >= 4 is 54.8 Å². The van der Waals surface area contributed by atoms with Crippen molar-refractivity contribution < 1.29 is 9.47 Å². The first-order chi connectivity index (χ1) is 9.06. The number of thiophene rings is 1. The molecule has 0 amide bonds. The Labute approximate surface area is 137 Å². The van der Waals surface area contributed by atoms with Crippen LogP contribution in [0.4, 0.5) is 0 Å². The molecular weight excluding hydrogens is 415 g/mol. The maximum Gasteiger partial charge on any atom is 0.161 e. The van der Waals surface area contributed by atoms with Gasteiger partial charge in [0.25, 0.3) is 0 Å². The van der Waals surface area contributed by atoms with Crippen LogP contribution in [0.5, 0.6) is 11.5 Å². The van der Waals surface area contributed by atoms with E-state index in [-0.39, 0.29) is 5.38 Å². The summed E-state index contributed by atoms with van der Waals surface area (Å²) in [4.78, 5) is 0. The average molecular weight is 427 g/mol. The Morgan fingerprint density at radius 1 is 1.11 bits per heavy atom. The van der Waals surface area contributed by atoms with Crippen molar-refractivity contribution in [3.63, 3.8) is 0 Å². The van der Waals surface area contributed by atoms with Crippen LogP contribution in [0.1, 0.15) is 16.5 Å². The van der Waals surface area contributed by atoms with Crippen molar-refractivity contribution in [3.05, 3.63) is 43.0 Å². The maximum absolute atomic E-state index is 6.53. The van der Waals surface area contributed by atoms with Gasteiger partial charge in [0.1, 0.15) is 0 Å².